The van der Waals surface area contributed by atoms with Crippen LogP contribution in [-0.4, -0.2) is 0 Å². The topological polar surface area (TPSA) is 0 Å². The molecule has 2 rings (SSSR count). The van der Waals surface area contributed by atoms with E-state index in [0.717, 1.165) is 5.92 Å². The molecule has 0 bridgehead atoms. The Bertz CT molecular complexity index is 361. The van der Waals surface area contributed by atoms with Crippen molar-refractivity contribution >= 4 is 5.57 Å². The van der Waals surface area contributed by atoms with Crippen LogP contribution in [0.5, 0.6) is 0 Å². The first-order valence-electron chi connectivity index (χ1n) is 7.64. The average molecular weight is 242 g/mol. The molecule has 0 radical (unpaired) electrons. The molecule has 1 unspecified atom stereocenters. The highest BCUT2D eigenvalue weighted by molar-refractivity contribution is 5.66. The molecule has 0 spiro atoms. The van der Waals surface area contributed by atoms with E-state index in [1.54, 1.807) is 5.57 Å². The summed E-state index contributed by atoms with van der Waals surface area (Å²) in [5.74, 6) is 0.953. The molecule has 0 amide bonds. The Hall–Kier alpha value is -1.04. The smallest absolute Gasteiger partial charge is 0.0228 e. The molecule has 1 aliphatic carbocycles. The first kappa shape index (κ1) is 13.4. The van der Waals surface area contributed by atoms with Gasteiger partial charge in [-0.1, -0.05) is 75.4 Å². The molecular weight excluding hydrogens is 216 g/mol. The van der Waals surface area contributed by atoms with E-state index in [-0.39, 0.29) is 0 Å². The van der Waals surface area contributed by atoms with Gasteiger partial charge in [0.2, 0.25) is 0 Å². The van der Waals surface area contributed by atoms with Crippen LogP contribution in [0.1, 0.15) is 63.9 Å². The van der Waals surface area contributed by atoms with Crippen molar-refractivity contribution in [3.8, 4) is 0 Å². The van der Waals surface area contributed by atoms with Crippen molar-refractivity contribution in [2.75, 3.05) is 0 Å². The molecule has 0 saturated carbocycles. The van der Waals surface area contributed by atoms with E-state index >= 15 is 0 Å². The minimum atomic E-state index is 0.953. The molecule has 1 aromatic rings. The summed E-state index contributed by atoms with van der Waals surface area (Å²) in [6.45, 7) is 2.29. The second-order valence-corrected chi connectivity index (χ2v) is 5.59. The molecule has 0 N–H and O–H groups in total. The van der Waals surface area contributed by atoms with Gasteiger partial charge in [0.05, 0.1) is 0 Å². The SMILES string of the molecule is CCCCCCC1CC=C(c2ccccc2)CC1. The Kier molecular flexibility index (Phi) is 5.51. The number of hydrogen-bond acceptors (Lipinski definition) is 0. The zero-order chi connectivity index (χ0) is 12.6. The fourth-order valence-electron chi connectivity index (χ4n) is 2.92. The summed E-state index contributed by atoms with van der Waals surface area (Å²) in [7, 11) is 0. The van der Waals surface area contributed by atoms with E-state index < -0.39 is 0 Å². The molecule has 0 aliphatic heterocycles. The highest BCUT2D eigenvalue weighted by Gasteiger charge is 2.14. The Labute approximate surface area is 112 Å². The molecule has 0 nitrogen and oxygen atoms in total. The summed E-state index contributed by atoms with van der Waals surface area (Å²) in [6, 6.07) is 10.9. The molecule has 0 aromatic heterocycles. The maximum atomic E-state index is 2.49. The minimum absolute atomic E-state index is 0.953. The number of hydrogen-bond donors (Lipinski definition) is 0. The van der Waals surface area contributed by atoms with Crippen LogP contribution in [0, 0.1) is 5.92 Å². The van der Waals surface area contributed by atoms with Crippen molar-refractivity contribution in [2.45, 2.75) is 58.3 Å². The minimum Gasteiger partial charge on any atom is -0.0804 e. The number of allylic oxidation sites excluding steroid dienone is 2. The molecule has 1 atom stereocenters. The standard InChI is InChI=1S/C18H26/c1-2-3-4-6-9-16-12-14-18(15-13-16)17-10-7-5-8-11-17/h5,7-8,10-11,14,16H,2-4,6,9,12-13,15H2,1H3. The van der Waals surface area contributed by atoms with Crippen molar-refractivity contribution in [3.05, 3.63) is 42.0 Å². The van der Waals surface area contributed by atoms with Crippen LogP contribution in [0.2, 0.25) is 0 Å². The molecule has 1 aliphatic rings. The number of unbranched alkanes of at least 4 members (excludes halogenated alkanes) is 3. The zero-order valence-electron chi connectivity index (χ0n) is 11.7. The van der Waals surface area contributed by atoms with Gasteiger partial charge in [-0.05, 0) is 36.3 Å². The second kappa shape index (κ2) is 7.41. The number of benzene rings is 1. The molecule has 1 aromatic carbocycles. The van der Waals surface area contributed by atoms with E-state index in [0.29, 0.717) is 0 Å². The van der Waals surface area contributed by atoms with Crippen molar-refractivity contribution in [2.24, 2.45) is 5.92 Å². The first-order valence-corrected chi connectivity index (χ1v) is 7.64. The van der Waals surface area contributed by atoms with Gasteiger partial charge >= 0.3 is 0 Å². The van der Waals surface area contributed by atoms with Crippen molar-refractivity contribution in [3.63, 3.8) is 0 Å². The lowest BCUT2D eigenvalue weighted by Gasteiger charge is -2.22. The predicted octanol–water partition coefficient (Wildman–Crippen LogP) is 5.84. The van der Waals surface area contributed by atoms with Crippen LogP contribution in [0.25, 0.3) is 5.57 Å². The van der Waals surface area contributed by atoms with Crippen LogP contribution in [0.15, 0.2) is 36.4 Å². The third-order valence-corrected chi connectivity index (χ3v) is 4.13. The summed E-state index contributed by atoms with van der Waals surface area (Å²) in [6.07, 6.45) is 13.5. The van der Waals surface area contributed by atoms with Gasteiger partial charge in [-0.15, -0.1) is 0 Å². The van der Waals surface area contributed by atoms with Crippen molar-refractivity contribution in [1.82, 2.24) is 0 Å². The fraction of sp³-hybridized carbons (Fsp3) is 0.556. The number of rotatable bonds is 6. The molecule has 0 saturated heterocycles. The first-order chi connectivity index (χ1) is 8.90. The van der Waals surface area contributed by atoms with Gasteiger partial charge in [0, 0.05) is 0 Å². The predicted molar refractivity (Wildman–Crippen MR) is 80.5 cm³/mol. The van der Waals surface area contributed by atoms with E-state index in [2.05, 4.69) is 43.3 Å². The van der Waals surface area contributed by atoms with Crippen LogP contribution >= 0.6 is 0 Å². The highest BCUT2D eigenvalue weighted by atomic mass is 14.2. The highest BCUT2D eigenvalue weighted by Crippen LogP contribution is 2.32. The average Bonchev–Trinajstić information content (AvgIpc) is 2.45. The van der Waals surface area contributed by atoms with Crippen molar-refractivity contribution < 1.29 is 0 Å². The second-order valence-electron chi connectivity index (χ2n) is 5.59. The fourth-order valence-corrected chi connectivity index (χ4v) is 2.92. The van der Waals surface area contributed by atoms with Crippen LogP contribution < -0.4 is 0 Å². The Balaban J connectivity index is 1.78. The van der Waals surface area contributed by atoms with Crippen LogP contribution in [0.4, 0.5) is 0 Å². The summed E-state index contributed by atoms with van der Waals surface area (Å²) >= 11 is 0. The van der Waals surface area contributed by atoms with Gasteiger partial charge in [0.1, 0.15) is 0 Å². The van der Waals surface area contributed by atoms with Gasteiger partial charge in [0.15, 0.2) is 0 Å². The van der Waals surface area contributed by atoms with Crippen molar-refractivity contribution in [1.29, 1.82) is 0 Å². The van der Waals surface area contributed by atoms with Crippen LogP contribution in [0.3, 0.4) is 0 Å². The maximum absolute atomic E-state index is 2.49. The summed E-state index contributed by atoms with van der Waals surface area (Å²) in [5.41, 5.74) is 3.00. The Morgan fingerprint density at radius 3 is 2.56 bits per heavy atom. The quantitative estimate of drug-likeness (QED) is 0.550. The molecule has 0 heteroatoms. The van der Waals surface area contributed by atoms with Crippen LogP contribution in [-0.2, 0) is 0 Å². The zero-order valence-corrected chi connectivity index (χ0v) is 11.7. The third-order valence-electron chi connectivity index (χ3n) is 4.13. The third kappa shape index (κ3) is 4.01. The molecule has 0 fully saturated rings. The molecule has 98 valence electrons. The van der Waals surface area contributed by atoms with Gasteiger partial charge in [-0.25, -0.2) is 0 Å². The van der Waals surface area contributed by atoms with E-state index in [9.17, 15) is 0 Å². The largest absolute Gasteiger partial charge is 0.0804 e. The molecule has 18 heavy (non-hydrogen) atoms. The Morgan fingerprint density at radius 2 is 1.89 bits per heavy atom. The molecule has 0 heterocycles. The van der Waals surface area contributed by atoms with E-state index in [4.69, 9.17) is 0 Å². The summed E-state index contributed by atoms with van der Waals surface area (Å²) in [4.78, 5) is 0. The van der Waals surface area contributed by atoms with Gasteiger partial charge in [0.25, 0.3) is 0 Å². The summed E-state index contributed by atoms with van der Waals surface area (Å²) in [5, 5.41) is 0. The summed E-state index contributed by atoms with van der Waals surface area (Å²) < 4.78 is 0. The normalized spacial score (nSPS) is 19.6. The monoisotopic (exact) mass is 242 g/mol. The lowest BCUT2D eigenvalue weighted by Crippen LogP contribution is -2.05. The van der Waals surface area contributed by atoms with Gasteiger partial charge in [-0.2, -0.15) is 0 Å². The van der Waals surface area contributed by atoms with Gasteiger partial charge in [-0.3, -0.25) is 0 Å². The molecular formula is C18H26. The van der Waals surface area contributed by atoms with E-state index in [1.807, 2.05) is 0 Å². The lowest BCUT2D eigenvalue weighted by molar-refractivity contribution is 0.425. The maximum Gasteiger partial charge on any atom is -0.0228 e. The van der Waals surface area contributed by atoms with E-state index in [1.165, 1.54) is 56.9 Å². The van der Waals surface area contributed by atoms with Gasteiger partial charge < -0.3 is 0 Å². The Morgan fingerprint density at radius 1 is 1.06 bits per heavy atom. The lowest BCUT2D eigenvalue weighted by atomic mass is 9.84.